The predicted molar refractivity (Wildman–Crippen MR) is 87.9 cm³/mol. The normalized spacial score (nSPS) is 22.4. The van der Waals surface area contributed by atoms with E-state index in [1.165, 1.54) is 5.56 Å². The third-order valence-corrected chi connectivity index (χ3v) is 4.91. The van der Waals surface area contributed by atoms with Crippen molar-refractivity contribution in [2.75, 3.05) is 0 Å². The Morgan fingerprint density at radius 2 is 2.14 bits per heavy atom. The molecule has 1 aliphatic rings. The van der Waals surface area contributed by atoms with Crippen molar-refractivity contribution in [3.63, 3.8) is 0 Å². The van der Waals surface area contributed by atoms with Crippen LogP contribution in [0.3, 0.4) is 0 Å². The number of benzene rings is 1. The minimum Gasteiger partial charge on any atom is -0.393 e. The Kier molecular flexibility index (Phi) is 3.96. The molecule has 1 aromatic heterocycles. The lowest BCUT2D eigenvalue weighted by Gasteiger charge is -2.37. The summed E-state index contributed by atoms with van der Waals surface area (Å²) >= 11 is 0. The van der Waals surface area contributed by atoms with Crippen molar-refractivity contribution in [2.24, 2.45) is 13.0 Å². The molecule has 22 heavy (non-hydrogen) atoms. The Bertz CT molecular complexity index is 698. The van der Waals surface area contributed by atoms with Crippen molar-refractivity contribution in [1.82, 2.24) is 9.88 Å². The largest absolute Gasteiger partial charge is 0.393 e. The van der Waals surface area contributed by atoms with Gasteiger partial charge in [0.15, 0.2) is 0 Å². The number of hydrogen-bond acceptors (Lipinski definition) is 2. The third-order valence-electron chi connectivity index (χ3n) is 4.91. The third kappa shape index (κ3) is 2.63. The fourth-order valence-electron chi connectivity index (χ4n) is 3.44. The molecular weight excluding hydrogens is 276 g/mol. The Morgan fingerprint density at radius 1 is 1.41 bits per heavy atom. The number of fused-ring (bicyclic) bond motifs is 1. The van der Waals surface area contributed by atoms with Gasteiger partial charge in [0.2, 0.25) is 0 Å². The maximum atomic E-state index is 12.6. The average molecular weight is 300 g/mol. The van der Waals surface area contributed by atoms with E-state index in [9.17, 15) is 9.90 Å². The zero-order chi connectivity index (χ0) is 15.9. The van der Waals surface area contributed by atoms with Crippen LogP contribution < -0.4 is 5.32 Å². The minimum absolute atomic E-state index is 0.0235. The predicted octanol–water partition coefficient (Wildman–Crippen LogP) is 2.77. The van der Waals surface area contributed by atoms with Crippen LogP contribution in [-0.4, -0.2) is 27.7 Å². The molecule has 1 atom stereocenters. The second-order valence-electron chi connectivity index (χ2n) is 6.52. The van der Waals surface area contributed by atoms with Crippen LogP contribution >= 0.6 is 0 Å². The summed E-state index contributed by atoms with van der Waals surface area (Å²) in [4.78, 5) is 12.6. The molecule has 4 nitrogen and oxygen atoms in total. The Balaban J connectivity index is 1.81. The van der Waals surface area contributed by atoms with Gasteiger partial charge in [0.1, 0.15) is 5.69 Å². The van der Waals surface area contributed by atoms with Gasteiger partial charge in [-0.1, -0.05) is 18.6 Å². The highest BCUT2D eigenvalue weighted by atomic mass is 16.3. The summed E-state index contributed by atoms with van der Waals surface area (Å²) in [5, 5.41) is 13.7. The van der Waals surface area contributed by atoms with E-state index in [2.05, 4.69) is 37.4 Å². The molecule has 4 heteroatoms. The molecule has 1 amide bonds. The van der Waals surface area contributed by atoms with Gasteiger partial charge in [-0.3, -0.25) is 4.79 Å². The number of nitrogens with one attached hydrogen (secondary N) is 1. The second-order valence-corrected chi connectivity index (χ2v) is 6.52. The van der Waals surface area contributed by atoms with Crippen molar-refractivity contribution in [3.05, 3.63) is 35.5 Å². The first-order valence-electron chi connectivity index (χ1n) is 8.04. The van der Waals surface area contributed by atoms with E-state index in [1.54, 1.807) is 0 Å². The SMILES string of the molecule is CCC(NC(=O)c1cc2cc(C)ccc2n1C)C1CC(O)C1. The van der Waals surface area contributed by atoms with E-state index >= 15 is 0 Å². The molecule has 0 radical (unpaired) electrons. The highest BCUT2D eigenvalue weighted by molar-refractivity contribution is 5.99. The lowest BCUT2D eigenvalue weighted by Crippen LogP contribution is -2.47. The van der Waals surface area contributed by atoms with E-state index in [1.807, 2.05) is 17.7 Å². The standard InChI is InChI=1S/C18H24N2O2/c1-4-15(12-8-14(21)9-12)19-18(22)17-10-13-7-11(2)5-6-16(13)20(17)3/h5-7,10,12,14-15,21H,4,8-9H2,1-3H3,(H,19,22). The molecule has 0 saturated heterocycles. The number of aliphatic hydroxyl groups is 1. The van der Waals surface area contributed by atoms with Gasteiger partial charge in [-0.25, -0.2) is 0 Å². The molecule has 1 saturated carbocycles. The van der Waals surface area contributed by atoms with Gasteiger partial charge in [-0.05, 0) is 50.3 Å². The number of carbonyl (C=O) groups excluding carboxylic acids is 1. The van der Waals surface area contributed by atoms with Crippen molar-refractivity contribution in [3.8, 4) is 0 Å². The quantitative estimate of drug-likeness (QED) is 0.912. The topological polar surface area (TPSA) is 54.3 Å². The van der Waals surface area contributed by atoms with Crippen LogP contribution in [0, 0.1) is 12.8 Å². The molecule has 1 aliphatic carbocycles. The molecular formula is C18H24N2O2. The highest BCUT2D eigenvalue weighted by Gasteiger charge is 2.34. The molecule has 3 rings (SSSR count). The van der Waals surface area contributed by atoms with Crippen LogP contribution in [0.4, 0.5) is 0 Å². The first-order chi connectivity index (χ1) is 10.5. The van der Waals surface area contributed by atoms with Crippen molar-refractivity contribution in [2.45, 2.75) is 45.3 Å². The van der Waals surface area contributed by atoms with Gasteiger partial charge in [-0.15, -0.1) is 0 Å². The van der Waals surface area contributed by atoms with E-state index in [0.717, 1.165) is 30.2 Å². The highest BCUT2D eigenvalue weighted by Crippen LogP contribution is 2.31. The van der Waals surface area contributed by atoms with E-state index < -0.39 is 0 Å². The number of nitrogens with zero attached hydrogens (tertiary/aromatic N) is 1. The molecule has 0 bridgehead atoms. The first-order valence-corrected chi connectivity index (χ1v) is 8.04. The molecule has 1 aromatic carbocycles. The summed E-state index contributed by atoms with van der Waals surface area (Å²) in [6.45, 7) is 4.14. The van der Waals surface area contributed by atoms with Gasteiger partial charge in [0.05, 0.1) is 6.10 Å². The van der Waals surface area contributed by atoms with Gasteiger partial charge >= 0.3 is 0 Å². The molecule has 0 spiro atoms. The van der Waals surface area contributed by atoms with Crippen LogP contribution in [0.15, 0.2) is 24.3 Å². The van der Waals surface area contributed by atoms with E-state index in [4.69, 9.17) is 0 Å². The first kappa shape index (κ1) is 15.1. The number of aromatic nitrogens is 1. The maximum Gasteiger partial charge on any atom is 0.268 e. The smallest absolute Gasteiger partial charge is 0.268 e. The number of hydrogen-bond donors (Lipinski definition) is 2. The molecule has 2 N–H and O–H groups in total. The molecule has 2 aromatic rings. The zero-order valence-corrected chi connectivity index (χ0v) is 13.5. The van der Waals surface area contributed by atoms with Crippen LogP contribution in [-0.2, 0) is 7.05 Å². The summed E-state index contributed by atoms with van der Waals surface area (Å²) in [6.07, 6.45) is 2.31. The summed E-state index contributed by atoms with van der Waals surface area (Å²) in [5.74, 6) is 0.380. The summed E-state index contributed by atoms with van der Waals surface area (Å²) < 4.78 is 1.95. The Morgan fingerprint density at radius 3 is 2.77 bits per heavy atom. The zero-order valence-electron chi connectivity index (χ0n) is 13.5. The van der Waals surface area contributed by atoms with Gasteiger partial charge in [0, 0.05) is 24.0 Å². The van der Waals surface area contributed by atoms with Crippen molar-refractivity contribution in [1.29, 1.82) is 0 Å². The molecule has 1 unspecified atom stereocenters. The van der Waals surface area contributed by atoms with Crippen LogP contribution in [0.25, 0.3) is 10.9 Å². The summed E-state index contributed by atoms with van der Waals surface area (Å²) in [7, 11) is 1.93. The molecule has 1 fully saturated rings. The molecule has 0 aliphatic heterocycles. The Labute approximate surface area is 131 Å². The summed E-state index contributed by atoms with van der Waals surface area (Å²) in [5.41, 5.74) is 2.96. The monoisotopic (exact) mass is 300 g/mol. The van der Waals surface area contributed by atoms with Gasteiger partial charge < -0.3 is 15.0 Å². The minimum atomic E-state index is -0.184. The lowest BCUT2D eigenvalue weighted by molar-refractivity contribution is 0.0232. The second kappa shape index (κ2) is 5.76. The van der Waals surface area contributed by atoms with Crippen LogP contribution in [0.5, 0.6) is 0 Å². The fraction of sp³-hybridized carbons (Fsp3) is 0.500. The van der Waals surface area contributed by atoms with E-state index in [0.29, 0.717) is 11.6 Å². The Hall–Kier alpha value is -1.81. The number of carbonyl (C=O) groups is 1. The summed E-state index contributed by atoms with van der Waals surface area (Å²) in [6, 6.07) is 8.33. The van der Waals surface area contributed by atoms with Gasteiger partial charge in [-0.2, -0.15) is 0 Å². The maximum absolute atomic E-state index is 12.6. The molecule has 118 valence electrons. The number of aliphatic hydroxyl groups excluding tert-OH is 1. The van der Waals surface area contributed by atoms with Crippen LogP contribution in [0.1, 0.15) is 42.2 Å². The van der Waals surface area contributed by atoms with Gasteiger partial charge in [0.25, 0.3) is 5.91 Å². The number of amides is 1. The number of rotatable bonds is 4. The van der Waals surface area contributed by atoms with E-state index in [-0.39, 0.29) is 18.1 Å². The van der Waals surface area contributed by atoms with Crippen LogP contribution in [0.2, 0.25) is 0 Å². The molecule has 1 heterocycles. The fourth-order valence-corrected chi connectivity index (χ4v) is 3.44. The average Bonchev–Trinajstić information content (AvgIpc) is 2.78. The van der Waals surface area contributed by atoms with Crippen molar-refractivity contribution >= 4 is 16.8 Å². The lowest BCUT2D eigenvalue weighted by atomic mass is 9.76. The number of aryl methyl sites for hydroxylation is 2. The van der Waals surface area contributed by atoms with Crippen molar-refractivity contribution < 1.29 is 9.90 Å².